The maximum absolute atomic E-state index is 12.2. The number of hydrogen-bond donors (Lipinski definition) is 3. The number of H-pyrrole nitrogens is 1. The van der Waals surface area contributed by atoms with Crippen LogP contribution < -0.4 is 10.6 Å². The fourth-order valence-corrected chi connectivity index (χ4v) is 3.90. The van der Waals surface area contributed by atoms with Gasteiger partial charge in [-0.1, -0.05) is 12.5 Å². The van der Waals surface area contributed by atoms with Crippen molar-refractivity contribution in [3.05, 3.63) is 41.7 Å². The minimum absolute atomic E-state index is 0.0165. The Morgan fingerprint density at radius 3 is 2.44 bits per heavy atom. The molecule has 3 aromatic rings. The number of carbonyl (C=O) groups is 2. The summed E-state index contributed by atoms with van der Waals surface area (Å²) < 4.78 is 86.6. The van der Waals surface area contributed by atoms with E-state index in [1.165, 1.54) is 6.33 Å². The number of nitrogens with zero attached hydrogens (tertiary/aromatic N) is 4. The van der Waals surface area contributed by atoms with Gasteiger partial charge < -0.3 is 15.6 Å². The van der Waals surface area contributed by atoms with Gasteiger partial charge in [-0.25, -0.2) is 27.5 Å². The van der Waals surface area contributed by atoms with Crippen LogP contribution >= 0.6 is 0 Å². The first kappa shape index (κ1) is 31.8. The van der Waals surface area contributed by atoms with Crippen molar-refractivity contribution in [3.63, 3.8) is 0 Å². The summed E-state index contributed by atoms with van der Waals surface area (Å²) in [4.78, 5) is 34.8. The lowest BCUT2D eigenvalue weighted by Gasteiger charge is -2.20. The van der Waals surface area contributed by atoms with Crippen molar-refractivity contribution >= 4 is 22.8 Å². The molecule has 1 aliphatic carbocycles. The average Bonchev–Trinajstić information content (AvgIpc) is 3.54. The number of alkyl halides is 7. The van der Waals surface area contributed by atoms with E-state index in [0.717, 1.165) is 11.1 Å². The lowest BCUT2D eigenvalue weighted by Crippen LogP contribution is -2.24. The van der Waals surface area contributed by atoms with Crippen molar-refractivity contribution in [2.75, 3.05) is 0 Å². The fourth-order valence-electron chi connectivity index (χ4n) is 3.90. The number of benzene rings is 1. The highest BCUT2D eigenvalue weighted by Gasteiger charge is 2.30. The third-order valence-corrected chi connectivity index (χ3v) is 6.04. The number of aromatic nitrogens is 5. The van der Waals surface area contributed by atoms with Crippen molar-refractivity contribution in [1.82, 2.24) is 35.4 Å². The molecule has 1 aliphatic rings. The summed E-state index contributed by atoms with van der Waals surface area (Å²) in [6.45, 7) is 0.00679. The van der Waals surface area contributed by atoms with Gasteiger partial charge in [0.05, 0.1) is 24.0 Å². The first-order chi connectivity index (χ1) is 19.3. The fraction of sp³-hybridized carbons (Fsp3) is 0.560. The summed E-state index contributed by atoms with van der Waals surface area (Å²) in [5, 5.41) is 8.84. The van der Waals surface area contributed by atoms with Crippen LogP contribution in [0.3, 0.4) is 0 Å². The monoisotopic (exact) mass is 593 g/mol. The Labute approximate surface area is 230 Å². The first-order valence-electron chi connectivity index (χ1n) is 12.9. The number of fused-ring (bicyclic) bond motifs is 1. The molecule has 0 bridgehead atoms. The molecule has 0 saturated heterocycles. The Kier molecular flexibility index (Phi) is 11.1. The minimum Gasteiger partial charge on any atom is -0.352 e. The molecule has 3 N–H and O–H groups in total. The van der Waals surface area contributed by atoms with Gasteiger partial charge in [0.25, 0.3) is 5.91 Å². The Balaban J connectivity index is 0.000000496. The van der Waals surface area contributed by atoms with Gasteiger partial charge in [-0.2, -0.15) is 13.2 Å². The van der Waals surface area contributed by atoms with E-state index < -0.39 is 49.6 Å². The number of aryl methyl sites for hydroxylation is 1. The van der Waals surface area contributed by atoms with E-state index in [1.54, 1.807) is 18.2 Å². The number of rotatable bonds is 10. The Bertz CT molecular complexity index is 1280. The first-order valence-corrected chi connectivity index (χ1v) is 12.9. The summed E-state index contributed by atoms with van der Waals surface area (Å²) in [5.74, 6) is -3.37. The summed E-state index contributed by atoms with van der Waals surface area (Å²) in [7, 11) is 0. The molecule has 2 amide bonds. The highest BCUT2D eigenvalue weighted by atomic mass is 19.4. The molecule has 2 heterocycles. The molecule has 0 spiro atoms. The van der Waals surface area contributed by atoms with Gasteiger partial charge in [0, 0.05) is 38.8 Å². The van der Waals surface area contributed by atoms with Crippen molar-refractivity contribution in [2.24, 2.45) is 0 Å². The zero-order valence-corrected chi connectivity index (χ0v) is 21.9. The van der Waals surface area contributed by atoms with Crippen LogP contribution in [0, 0.1) is 0 Å². The summed E-state index contributed by atoms with van der Waals surface area (Å²) in [5.41, 5.74) is 1.84. The third-order valence-electron chi connectivity index (χ3n) is 6.04. The van der Waals surface area contributed by atoms with Crippen LogP contribution in [0.25, 0.3) is 11.0 Å². The topological polar surface area (TPSA) is 118 Å². The van der Waals surface area contributed by atoms with Crippen molar-refractivity contribution in [3.8, 4) is 0 Å². The molecule has 0 unspecified atom stereocenters. The molecule has 0 aliphatic heterocycles. The molecule has 2 aromatic heterocycles. The zero-order valence-electron chi connectivity index (χ0n) is 21.9. The summed E-state index contributed by atoms with van der Waals surface area (Å²) in [6, 6.07) is 5.02. The quantitative estimate of drug-likeness (QED) is 0.277. The molecular weight excluding hydrogens is 563 g/mol. The molecule has 16 heteroatoms. The second-order valence-corrected chi connectivity index (χ2v) is 9.54. The number of carbonyl (C=O) groups excluding carboxylic acids is 2. The molecule has 9 nitrogen and oxygen atoms in total. The maximum Gasteiger partial charge on any atom is 0.389 e. The van der Waals surface area contributed by atoms with Gasteiger partial charge in [0.15, 0.2) is 0 Å². The predicted octanol–water partition coefficient (Wildman–Crippen LogP) is 5.28. The normalized spacial score (nSPS) is 14.9. The predicted molar refractivity (Wildman–Crippen MR) is 133 cm³/mol. The smallest absolute Gasteiger partial charge is 0.352 e. The van der Waals surface area contributed by atoms with Gasteiger partial charge in [-0.05, 0) is 30.5 Å². The number of amides is 2. The van der Waals surface area contributed by atoms with Gasteiger partial charge in [0.1, 0.15) is 12.2 Å². The van der Waals surface area contributed by atoms with Crippen LogP contribution in [0.2, 0.25) is 0 Å². The van der Waals surface area contributed by atoms with Crippen LogP contribution in [0.4, 0.5) is 30.7 Å². The number of imidazole rings is 1. The minimum atomic E-state index is -4.39. The second kappa shape index (κ2) is 14.3. The molecule has 1 fully saturated rings. The molecule has 1 aromatic carbocycles. The average molecular weight is 594 g/mol. The van der Waals surface area contributed by atoms with Crippen LogP contribution in [-0.4, -0.2) is 55.1 Å². The number of nitrogens with one attached hydrogen (secondary N) is 3. The molecule has 226 valence electrons. The molecule has 1 saturated carbocycles. The van der Waals surface area contributed by atoms with Crippen LogP contribution in [0.15, 0.2) is 24.5 Å². The van der Waals surface area contributed by atoms with E-state index >= 15 is 0 Å². The number of aromatic amines is 1. The molecule has 0 radical (unpaired) electrons. The van der Waals surface area contributed by atoms with E-state index in [9.17, 15) is 40.3 Å². The zero-order chi connectivity index (χ0) is 30.0. The van der Waals surface area contributed by atoms with Crippen molar-refractivity contribution in [2.45, 2.75) is 89.5 Å². The summed E-state index contributed by atoms with van der Waals surface area (Å²) in [6.07, 6.45) is -5.23. The largest absolute Gasteiger partial charge is 0.389 e. The number of halogens is 7. The van der Waals surface area contributed by atoms with Crippen molar-refractivity contribution < 1.29 is 40.3 Å². The van der Waals surface area contributed by atoms with Gasteiger partial charge in [-0.15, -0.1) is 5.10 Å². The standard InChI is InChI=1S/C19H20F5N7O2.C6H10F2/c20-14(21)4-6-31-10-27-17(30-31)18(33)26-9-15-28-12-2-1-11(7-13(12)29-15)8-25-16(32)3-5-19(22,23)24;7-6(8)4-2-1-3-5-6/h1-2,7,10,14H,3-6,8-9H2,(H,25,32)(H,26,33)(H,28,29);1-5H2. The van der Waals surface area contributed by atoms with Gasteiger partial charge >= 0.3 is 6.18 Å². The van der Waals surface area contributed by atoms with Gasteiger partial charge in [0.2, 0.25) is 24.1 Å². The van der Waals surface area contributed by atoms with Gasteiger partial charge in [-0.3, -0.25) is 14.3 Å². The highest BCUT2D eigenvalue weighted by Crippen LogP contribution is 2.32. The number of hydrogen-bond acceptors (Lipinski definition) is 5. The Morgan fingerprint density at radius 1 is 1.07 bits per heavy atom. The van der Waals surface area contributed by atoms with Crippen molar-refractivity contribution in [1.29, 1.82) is 0 Å². The van der Waals surface area contributed by atoms with E-state index in [4.69, 9.17) is 0 Å². The van der Waals surface area contributed by atoms with Crippen LogP contribution in [0.1, 0.15) is 73.4 Å². The molecule has 4 rings (SSSR count). The van der Waals surface area contributed by atoms with E-state index in [-0.39, 0.29) is 38.3 Å². The Morgan fingerprint density at radius 2 is 1.80 bits per heavy atom. The Hall–Kier alpha value is -3.72. The third kappa shape index (κ3) is 11.4. The SMILES string of the molecule is FC1(F)CCCCC1.O=C(CCC(F)(F)F)NCc1ccc2nc(CNC(=O)c3ncn(CCC(F)F)n3)[nH]c2c1. The van der Waals surface area contributed by atoms with E-state index in [2.05, 4.69) is 30.7 Å². The second-order valence-electron chi connectivity index (χ2n) is 9.54. The summed E-state index contributed by atoms with van der Waals surface area (Å²) >= 11 is 0. The lowest BCUT2D eigenvalue weighted by atomic mass is 9.97. The van der Waals surface area contributed by atoms with Crippen LogP contribution in [-0.2, 0) is 24.4 Å². The van der Waals surface area contributed by atoms with E-state index in [1.807, 2.05) is 0 Å². The highest BCUT2D eigenvalue weighted by molar-refractivity contribution is 5.90. The van der Waals surface area contributed by atoms with Crippen LogP contribution in [0.5, 0.6) is 0 Å². The molecular formula is C25H30F7N7O2. The maximum atomic E-state index is 12.2. The van der Waals surface area contributed by atoms with E-state index in [0.29, 0.717) is 35.3 Å². The molecule has 41 heavy (non-hydrogen) atoms. The lowest BCUT2D eigenvalue weighted by molar-refractivity contribution is -0.144. The molecule has 0 atom stereocenters.